The summed E-state index contributed by atoms with van der Waals surface area (Å²) in [6.07, 6.45) is 0.874. The normalized spacial score (nSPS) is 16.1. The van der Waals surface area contributed by atoms with Crippen molar-refractivity contribution in [3.63, 3.8) is 0 Å². The van der Waals surface area contributed by atoms with E-state index in [0.717, 1.165) is 0 Å². The fourth-order valence-corrected chi connectivity index (χ4v) is 3.38. The van der Waals surface area contributed by atoms with Crippen molar-refractivity contribution < 1.29 is 19.1 Å². The third kappa shape index (κ3) is 1.87. The number of nitrogens with one attached hydrogen (secondary N) is 1. The van der Waals surface area contributed by atoms with Crippen molar-refractivity contribution in [3.8, 4) is 0 Å². The molecule has 0 atom stereocenters. The lowest BCUT2D eigenvalue weighted by atomic mass is 10.1. The van der Waals surface area contributed by atoms with Crippen LogP contribution < -0.4 is 5.32 Å². The molecule has 2 N–H and O–H groups in total. The van der Waals surface area contributed by atoms with Crippen LogP contribution in [0.2, 0.25) is 0 Å². The average Bonchev–Trinajstić information content (AvgIpc) is 3.08. The van der Waals surface area contributed by atoms with Crippen LogP contribution in [0.3, 0.4) is 0 Å². The van der Waals surface area contributed by atoms with Crippen molar-refractivity contribution >= 4 is 33.3 Å². The van der Waals surface area contributed by atoms with Crippen LogP contribution in [0, 0.1) is 12.7 Å². The van der Waals surface area contributed by atoms with E-state index in [2.05, 4.69) is 5.32 Å². The molecule has 0 bridgehead atoms. The second kappa shape index (κ2) is 4.28. The van der Waals surface area contributed by atoms with Gasteiger partial charge in [0.2, 0.25) is 0 Å². The fraction of sp³-hybridized carbons (Fsp3) is 0.286. The van der Waals surface area contributed by atoms with Gasteiger partial charge in [-0.05, 0) is 37.5 Å². The fourth-order valence-electron chi connectivity index (χ4n) is 2.26. The summed E-state index contributed by atoms with van der Waals surface area (Å²) in [5.41, 5.74) is -0.570. The molecule has 0 unspecified atom stereocenters. The van der Waals surface area contributed by atoms with Crippen molar-refractivity contribution in [2.45, 2.75) is 25.3 Å². The van der Waals surface area contributed by atoms with Crippen molar-refractivity contribution in [1.29, 1.82) is 0 Å². The molecule has 2 aromatic rings. The highest BCUT2D eigenvalue weighted by molar-refractivity contribution is 7.21. The predicted molar refractivity (Wildman–Crippen MR) is 73.6 cm³/mol. The van der Waals surface area contributed by atoms with E-state index in [-0.39, 0.29) is 5.82 Å². The molecule has 1 aliphatic carbocycles. The van der Waals surface area contributed by atoms with Crippen LogP contribution in [0.25, 0.3) is 10.1 Å². The van der Waals surface area contributed by atoms with Gasteiger partial charge in [0.1, 0.15) is 11.4 Å². The summed E-state index contributed by atoms with van der Waals surface area (Å²) < 4.78 is 14.5. The summed E-state index contributed by atoms with van der Waals surface area (Å²) in [6, 6.07) is 4.69. The molecule has 1 aliphatic rings. The number of hydrogen-bond donors (Lipinski definition) is 2. The number of rotatable bonds is 3. The summed E-state index contributed by atoms with van der Waals surface area (Å²) in [4.78, 5) is 23.7. The van der Waals surface area contributed by atoms with Crippen molar-refractivity contribution in [3.05, 3.63) is 34.5 Å². The largest absolute Gasteiger partial charge is 0.480 e. The zero-order chi connectivity index (χ0) is 14.5. The van der Waals surface area contributed by atoms with Crippen LogP contribution in [0.1, 0.15) is 28.1 Å². The first kappa shape index (κ1) is 13.1. The van der Waals surface area contributed by atoms with Crippen LogP contribution in [0.5, 0.6) is 0 Å². The number of fused-ring (bicyclic) bond motifs is 1. The Morgan fingerprint density at radius 1 is 1.40 bits per heavy atom. The first-order valence-corrected chi connectivity index (χ1v) is 7.00. The first-order valence-electron chi connectivity index (χ1n) is 6.18. The highest BCUT2D eigenvalue weighted by Crippen LogP contribution is 2.37. The maximum atomic E-state index is 13.8. The number of aryl methyl sites for hydroxylation is 1. The second-order valence-corrected chi connectivity index (χ2v) is 6.06. The van der Waals surface area contributed by atoms with Gasteiger partial charge in [-0.25, -0.2) is 9.18 Å². The smallest absolute Gasteiger partial charge is 0.329 e. The summed E-state index contributed by atoms with van der Waals surface area (Å²) in [5, 5.41) is 12.1. The predicted octanol–water partition coefficient (Wildman–Crippen LogP) is 2.70. The van der Waals surface area contributed by atoms with Gasteiger partial charge in [-0.2, -0.15) is 0 Å². The summed E-state index contributed by atoms with van der Waals surface area (Å²) in [7, 11) is 0. The van der Waals surface area contributed by atoms with E-state index in [1.54, 1.807) is 19.1 Å². The number of halogens is 1. The van der Waals surface area contributed by atoms with Gasteiger partial charge >= 0.3 is 5.97 Å². The van der Waals surface area contributed by atoms with Gasteiger partial charge in [0.15, 0.2) is 0 Å². The molecule has 4 nitrogen and oxygen atoms in total. The van der Waals surface area contributed by atoms with E-state index in [1.165, 1.54) is 17.4 Å². The molecule has 1 saturated carbocycles. The van der Waals surface area contributed by atoms with E-state index in [0.29, 0.717) is 33.4 Å². The molecule has 1 aromatic heterocycles. The first-order chi connectivity index (χ1) is 9.44. The van der Waals surface area contributed by atoms with E-state index in [9.17, 15) is 14.0 Å². The van der Waals surface area contributed by atoms with E-state index in [1.807, 2.05) is 0 Å². The third-order valence-corrected chi connectivity index (χ3v) is 4.88. The molecule has 1 aromatic carbocycles. The Balaban J connectivity index is 1.99. The Morgan fingerprint density at radius 3 is 2.65 bits per heavy atom. The highest BCUT2D eigenvalue weighted by Gasteiger charge is 2.52. The minimum Gasteiger partial charge on any atom is -0.480 e. The zero-order valence-electron chi connectivity index (χ0n) is 10.7. The summed E-state index contributed by atoms with van der Waals surface area (Å²) in [5.74, 6) is -1.83. The van der Waals surface area contributed by atoms with E-state index >= 15 is 0 Å². The minimum absolute atomic E-state index is 0.366. The van der Waals surface area contributed by atoms with Crippen LogP contribution >= 0.6 is 11.3 Å². The quantitative estimate of drug-likeness (QED) is 0.914. The molecule has 1 amide bonds. The standard InChI is InChI=1S/C14H12FNO3S/c1-7-10-8(15)3-2-4-9(10)20-11(7)12(17)16-14(5-6-14)13(18)19/h2-4H,5-6H2,1H3,(H,16,17)(H,18,19). The Labute approximate surface area is 118 Å². The van der Waals surface area contributed by atoms with Crippen molar-refractivity contribution in [2.24, 2.45) is 0 Å². The van der Waals surface area contributed by atoms with Gasteiger partial charge in [-0.1, -0.05) is 6.07 Å². The van der Waals surface area contributed by atoms with E-state index in [4.69, 9.17) is 5.11 Å². The Bertz CT molecular complexity index is 733. The summed E-state index contributed by atoms with van der Waals surface area (Å²) in [6.45, 7) is 1.68. The SMILES string of the molecule is Cc1c(C(=O)NC2(C(=O)O)CC2)sc2cccc(F)c12. The Morgan fingerprint density at radius 2 is 2.10 bits per heavy atom. The van der Waals surface area contributed by atoms with Crippen molar-refractivity contribution in [1.82, 2.24) is 5.32 Å². The second-order valence-electron chi connectivity index (χ2n) is 5.01. The summed E-state index contributed by atoms with van der Waals surface area (Å²) >= 11 is 1.18. The Hall–Kier alpha value is -1.95. The van der Waals surface area contributed by atoms with Gasteiger partial charge in [0.25, 0.3) is 5.91 Å². The molecule has 0 aliphatic heterocycles. The van der Waals surface area contributed by atoms with Gasteiger partial charge < -0.3 is 10.4 Å². The molecule has 0 saturated heterocycles. The number of aliphatic carboxylic acids is 1. The molecule has 0 spiro atoms. The third-order valence-electron chi connectivity index (χ3n) is 3.62. The van der Waals surface area contributed by atoms with Crippen LogP contribution in [0.15, 0.2) is 18.2 Å². The average molecular weight is 293 g/mol. The van der Waals surface area contributed by atoms with Crippen molar-refractivity contribution in [2.75, 3.05) is 0 Å². The Kier molecular flexibility index (Phi) is 2.79. The molecule has 104 valence electrons. The topological polar surface area (TPSA) is 66.4 Å². The number of carbonyl (C=O) groups excluding carboxylic acids is 1. The lowest BCUT2D eigenvalue weighted by molar-refractivity contribution is -0.140. The van der Waals surface area contributed by atoms with Gasteiger partial charge in [0.05, 0.1) is 4.88 Å². The van der Waals surface area contributed by atoms with Crippen LogP contribution in [0.4, 0.5) is 4.39 Å². The van der Waals surface area contributed by atoms with Crippen LogP contribution in [-0.4, -0.2) is 22.5 Å². The molecule has 3 rings (SSSR count). The molecule has 1 heterocycles. The molecule has 0 radical (unpaired) electrons. The lowest BCUT2D eigenvalue weighted by Gasteiger charge is -2.11. The van der Waals surface area contributed by atoms with E-state index < -0.39 is 17.4 Å². The molecule has 20 heavy (non-hydrogen) atoms. The number of hydrogen-bond acceptors (Lipinski definition) is 3. The maximum absolute atomic E-state index is 13.8. The monoisotopic (exact) mass is 293 g/mol. The van der Waals surface area contributed by atoms with Crippen LogP contribution in [-0.2, 0) is 4.79 Å². The molecule has 6 heteroatoms. The minimum atomic E-state index is -1.13. The highest BCUT2D eigenvalue weighted by atomic mass is 32.1. The number of amides is 1. The number of benzene rings is 1. The number of carboxylic acids is 1. The number of thiophene rings is 1. The van der Waals surface area contributed by atoms with Gasteiger partial charge in [-0.3, -0.25) is 4.79 Å². The molecule has 1 fully saturated rings. The number of carboxylic acid groups (broad SMARTS) is 1. The number of carbonyl (C=O) groups is 2. The van der Waals surface area contributed by atoms with Gasteiger partial charge in [-0.15, -0.1) is 11.3 Å². The lowest BCUT2D eigenvalue weighted by Crippen LogP contribution is -2.42. The zero-order valence-corrected chi connectivity index (χ0v) is 11.5. The molecular weight excluding hydrogens is 281 g/mol. The van der Waals surface area contributed by atoms with Gasteiger partial charge in [0, 0.05) is 10.1 Å². The molecular formula is C14H12FNO3S. The maximum Gasteiger partial charge on any atom is 0.329 e.